The molecule has 4 nitrogen and oxygen atoms in total. The van der Waals surface area contributed by atoms with E-state index in [0.717, 1.165) is 24.8 Å². The molecule has 0 bridgehead atoms. The third-order valence-corrected chi connectivity index (χ3v) is 3.27. The van der Waals surface area contributed by atoms with Crippen LogP contribution < -0.4 is 0 Å². The van der Waals surface area contributed by atoms with Crippen LogP contribution in [0.1, 0.15) is 31.2 Å². The Morgan fingerprint density at radius 1 is 1.35 bits per heavy atom. The third-order valence-electron chi connectivity index (χ3n) is 3.27. The molecule has 2 atom stereocenters. The van der Waals surface area contributed by atoms with Gasteiger partial charge in [0.15, 0.2) is 0 Å². The summed E-state index contributed by atoms with van der Waals surface area (Å²) < 4.78 is 0. The fourth-order valence-electron chi connectivity index (χ4n) is 2.22. The first kappa shape index (κ1) is 12.0. The molecule has 0 aliphatic heterocycles. The smallest absolute Gasteiger partial charge is 0.0759 e. The van der Waals surface area contributed by atoms with Gasteiger partial charge in [-0.25, -0.2) is 0 Å². The van der Waals surface area contributed by atoms with Crippen molar-refractivity contribution in [2.45, 2.75) is 37.8 Å². The number of hydrogen-bond acceptors (Lipinski definition) is 4. The van der Waals surface area contributed by atoms with Gasteiger partial charge in [0, 0.05) is 19.4 Å². The van der Waals surface area contributed by atoms with Gasteiger partial charge in [0.1, 0.15) is 0 Å². The largest absolute Gasteiger partial charge is 0.391 e. The number of nitrogens with zero attached hydrogens (tertiary/aromatic N) is 3. The Balaban J connectivity index is 1.96. The van der Waals surface area contributed by atoms with E-state index in [0.29, 0.717) is 0 Å². The lowest BCUT2D eigenvalue weighted by Crippen LogP contribution is -2.40. The standard InChI is InChI=1S/C13H19N3O/c1-16(12-4-2-3-5-13(12)17)15-10-11-6-8-14-9-7-11/h6-10,12-13,17H,2-5H2,1H3/t12-,13-/m1/s1. The van der Waals surface area contributed by atoms with Crippen molar-refractivity contribution in [3.63, 3.8) is 0 Å². The lowest BCUT2D eigenvalue weighted by Gasteiger charge is -2.33. The van der Waals surface area contributed by atoms with Gasteiger partial charge in [0.05, 0.1) is 18.4 Å². The van der Waals surface area contributed by atoms with Gasteiger partial charge in [-0.2, -0.15) is 5.10 Å². The summed E-state index contributed by atoms with van der Waals surface area (Å²) in [6.07, 6.45) is 9.27. The Morgan fingerprint density at radius 2 is 2.06 bits per heavy atom. The van der Waals surface area contributed by atoms with Crippen LogP contribution in [0.2, 0.25) is 0 Å². The van der Waals surface area contributed by atoms with Gasteiger partial charge >= 0.3 is 0 Å². The van der Waals surface area contributed by atoms with Crippen molar-refractivity contribution in [3.8, 4) is 0 Å². The van der Waals surface area contributed by atoms with Crippen LogP contribution in [0.15, 0.2) is 29.6 Å². The quantitative estimate of drug-likeness (QED) is 0.638. The summed E-state index contributed by atoms with van der Waals surface area (Å²) in [7, 11) is 1.93. The molecule has 1 fully saturated rings. The van der Waals surface area contributed by atoms with Crippen LogP contribution in [-0.4, -0.2) is 40.5 Å². The second-order valence-electron chi connectivity index (χ2n) is 4.52. The van der Waals surface area contributed by atoms with E-state index in [4.69, 9.17) is 0 Å². The number of hydrazone groups is 1. The molecule has 1 aliphatic rings. The molecule has 0 radical (unpaired) electrons. The lowest BCUT2D eigenvalue weighted by molar-refractivity contribution is 0.0338. The van der Waals surface area contributed by atoms with Crippen LogP contribution in [-0.2, 0) is 0 Å². The highest BCUT2D eigenvalue weighted by atomic mass is 16.3. The molecule has 1 N–H and O–H groups in total. The Kier molecular flexibility index (Phi) is 4.09. The summed E-state index contributed by atoms with van der Waals surface area (Å²) in [4.78, 5) is 3.96. The van der Waals surface area contributed by atoms with Crippen molar-refractivity contribution >= 4 is 6.21 Å². The molecule has 1 aromatic heterocycles. The maximum absolute atomic E-state index is 9.91. The van der Waals surface area contributed by atoms with Gasteiger partial charge in [-0.15, -0.1) is 0 Å². The first-order chi connectivity index (χ1) is 8.27. The molecule has 4 heteroatoms. The topological polar surface area (TPSA) is 48.7 Å². The third kappa shape index (κ3) is 3.27. The monoisotopic (exact) mass is 233 g/mol. The maximum Gasteiger partial charge on any atom is 0.0759 e. The highest BCUT2D eigenvalue weighted by Gasteiger charge is 2.25. The molecular formula is C13H19N3O. The summed E-state index contributed by atoms with van der Waals surface area (Å²) in [6, 6.07) is 3.98. The van der Waals surface area contributed by atoms with Crippen LogP contribution >= 0.6 is 0 Å². The van der Waals surface area contributed by atoms with E-state index < -0.39 is 0 Å². The first-order valence-corrected chi connectivity index (χ1v) is 6.12. The predicted octanol–water partition coefficient (Wildman–Crippen LogP) is 1.65. The summed E-state index contributed by atoms with van der Waals surface area (Å²) in [5.41, 5.74) is 1.03. The first-order valence-electron chi connectivity index (χ1n) is 6.12. The number of aliphatic hydroxyl groups excluding tert-OH is 1. The van der Waals surface area contributed by atoms with E-state index in [1.807, 2.05) is 30.4 Å². The van der Waals surface area contributed by atoms with E-state index in [9.17, 15) is 5.11 Å². The molecule has 2 rings (SSSR count). The Labute approximate surface area is 102 Å². The highest BCUT2D eigenvalue weighted by molar-refractivity contribution is 5.78. The zero-order valence-corrected chi connectivity index (χ0v) is 10.2. The fourth-order valence-corrected chi connectivity index (χ4v) is 2.22. The van der Waals surface area contributed by atoms with Crippen molar-refractivity contribution in [2.75, 3.05) is 7.05 Å². The van der Waals surface area contributed by atoms with Gasteiger partial charge < -0.3 is 5.11 Å². The molecule has 0 amide bonds. The Morgan fingerprint density at radius 3 is 2.76 bits per heavy atom. The van der Waals surface area contributed by atoms with E-state index in [1.165, 1.54) is 6.42 Å². The van der Waals surface area contributed by atoms with E-state index in [2.05, 4.69) is 10.1 Å². The zero-order valence-electron chi connectivity index (χ0n) is 10.2. The average molecular weight is 233 g/mol. The number of pyridine rings is 1. The Hall–Kier alpha value is -1.42. The number of hydrogen-bond donors (Lipinski definition) is 1. The lowest BCUT2D eigenvalue weighted by atomic mass is 9.92. The maximum atomic E-state index is 9.91. The van der Waals surface area contributed by atoms with Gasteiger partial charge in [0.2, 0.25) is 0 Å². The molecule has 1 aliphatic carbocycles. The molecule has 0 saturated heterocycles. The minimum Gasteiger partial charge on any atom is -0.391 e. The van der Waals surface area contributed by atoms with Crippen molar-refractivity contribution in [2.24, 2.45) is 5.10 Å². The van der Waals surface area contributed by atoms with Crippen LogP contribution in [0.5, 0.6) is 0 Å². The van der Waals surface area contributed by atoms with Crippen molar-refractivity contribution in [1.82, 2.24) is 9.99 Å². The molecular weight excluding hydrogens is 214 g/mol. The Bertz CT molecular complexity index is 366. The van der Waals surface area contributed by atoms with E-state index >= 15 is 0 Å². The number of aliphatic hydroxyl groups is 1. The number of rotatable bonds is 3. The normalized spacial score (nSPS) is 25.1. The molecule has 17 heavy (non-hydrogen) atoms. The van der Waals surface area contributed by atoms with Crippen molar-refractivity contribution in [1.29, 1.82) is 0 Å². The summed E-state index contributed by atoms with van der Waals surface area (Å²) in [5.74, 6) is 0. The molecule has 0 unspecified atom stereocenters. The molecule has 0 spiro atoms. The second-order valence-corrected chi connectivity index (χ2v) is 4.52. The molecule has 0 aromatic carbocycles. The van der Waals surface area contributed by atoms with Gasteiger partial charge in [-0.1, -0.05) is 12.8 Å². The van der Waals surface area contributed by atoms with E-state index in [1.54, 1.807) is 12.4 Å². The van der Waals surface area contributed by atoms with Crippen molar-refractivity contribution < 1.29 is 5.11 Å². The molecule has 1 aromatic rings. The van der Waals surface area contributed by atoms with Gasteiger partial charge in [-0.05, 0) is 30.5 Å². The number of aromatic nitrogens is 1. The van der Waals surface area contributed by atoms with E-state index in [-0.39, 0.29) is 12.1 Å². The van der Waals surface area contributed by atoms with Gasteiger partial charge in [-0.3, -0.25) is 9.99 Å². The van der Waals surface area contributed by atoms with Crippen LogP contribution in [0.3, 0.4) is 0 Å². The van der Waals surface area contributed by atoms with Gasteiger partial charge in [0.25, 0.3) is 0 Å². The SMILES string of the molecule is CN(N=Cc1ccncc1)[C@@H]1CCCC[C@H]1O. The fraction of sp³-hybridized carbons (Fsp3) is 0.538. The van der Waals surface area contributed by atoms with Crippen LogP contribution in [0.25, 0.3) is 0 Å². The summed E-state index contributed by atoms with van der Waals surface area (Å²) in [5, 5.41) is 16.2. The van der Waals surface area contributed by atoms with Crippen molar-refractivity contribution in [3.05, 3.63) is 30.1 Å². The minimum absolute atomic E-state index is 0.154. The minimum atomic E-state index is -0.247. The second kappa shape index (κ2) is 5.77. The van der Waals surface area contributed by atoms with Crippen LogP contribution in [0, 0.1) is 0 Å². The predicted molar refractivity (Wildman–Crippen MR) is 67.9 cm³/mol. The zero-order chi connectivity index (χ0) is 12.1. The molecule has 92 valence electrons. The average Bonchev–Trinajstić information content (AvgIpc) is 2.38. The summed E-state index contributed by atoms with van der Waals surface area (Å²) in [6.45, 7) is 0. The van der Waals surface area contributed by atoms with Crippen LogP contribution in [0.4, 0.5) is 0 Å². The molecule has 1 heterocycles. The molecule has 1 saturated carbocycles. The number of likely N-dealkylation sites (N-methyl/N-ethyl adjacent to an activating group) is 1. The highest BCUT2D eigenvalue weighted by Crippen LogP contribution is 2.22. The summed E-state index contributed by atoms with van der Waals surface area (Å²) >= 11 is 0.